The maximum atomic E-state index is 12.5. The van der Waals surface area contributed by atoms with Crippen LogP contribution in [0.15, 0.2) is 42.5 Å². The van der Waals surface area contributed by atoms with Crippen molar-refractivity contribution in [3.05, 3.63) is 70.3 Å². The van der Waals surface area contributed by atoms with Gasteiger partial charge in [-0.25, -0.2) is 0 Å². The van der Waals surface area contributed by atoms with Crippen molar-refractivity contribution in [2.45, 2.75) is 0 Å². The fourth-order valence-electron chi connectivity index (χ4n) is 2.33. The molecule has 19 heavy (non-hydrogen) atoms. The zero-order valence-electron chi connectivity index (χ0n) is 9.94. The molecule has 1 aliphatic rings. The van der Waals surface area contributed by atoms with E-state index in [1.54, 1.807) is 42.5 Å². The Balaban J connectivity index is 2.35. The molecule has 3 heteroatoms. The van der Waals surface area contributed by atoms with Gasteiger partial charge in [0.1, 0.15) is 0 Å². The van der Waals surface area contributed by atoms with Crippen LogP contribution in [0, 0.1) is 12.0 Å². The van der Waals surface area contributed by atoms with E-state index in [2.05, 4.69) is 12.0 Å². The van der Waals surface area contributed by atoms with Crippen molar-refractivity contribution in [3.8, 4) is 12.0 Å². The summed E-state index contributed by atoms with van der Waals surface area (Å²) in [4.78, 5) is 24.9. The van der Waals surface area contributed by atoms with Crippen molar-refractivity contribution < 1.29 is 9.59 Å². The van der Waals surface area contributed by atoms with Crippen LogP contribution in [0.5, 0.6) is 0 Å². The number of fused-ring (bicyclic) bond motifs is 2. The second kappa shape index (κ2) is 4.11. The molecule has 2 aromatic carbocycles. The minimum atomic E-state index is -0.177. The van der Waals surface area contributed by atoms with E-state index in [4.69, 9.17) is 5.73 Å². The first kappa shape index (κ1) is 11.2. The first-order valence-corrected chi connectivity index (χ1v) is 5.77. The van der Waals surface area contributed by atoms with Crippen LogP contribution in [0.4, 0.5) is 0 Å². The Morgan fingerprint density at radius 3 is 2.11 bits per heavy atom. The maximum Gasteiger partial charge on any atom is 0.195 e. The van der Waals surface area contributed by atoms with E-state index in [0.717, 1.165) is 0 Å². The van der Waals surface area contributed by atoms with Gasteiger partial charge < -0.3 is 5.73 Å². The monoisotopic (exact) mass is 247 g/mol. The van der Waals surface area contributed by atoms with Gasteiger partial charge in [0.05, 0.1) is 0 Å². The topological polar surface area (TPSA) is 60.2 Å². The third-order valence-corrected chi connectivity index (χ3v) is 3.16. The highest BCUT2D eigenvalue weighted by molar-refractivity contribution is 6.29. The Labute approximate surface area is 110 Å². The van der Waals surface area contributed by atoms with Crippen molar-refractivity contribution >= 4 is 11.6 Å². The molecular formula is C16H9NO2. The summed E-state index contributed by atoms with van der Waals surface area (Å²) in [7, 11) is 0. The molecule has 0 heterocycles. The Bertz CT molecular complexity index is 779. The van der Waals surface area contributed by atoms with E-state index < -0.39 is 0 Å². The van der Waals surface area contributed by atoms with Crippen molar-refractivity contribution in [2.24, 2.45) is 5.73 Å². The lowest BCUT2D eigenvalue weighted by atomic mass is 9.82. The van der Waals surface area contributed by atoms with Crippen LogP contribution >= 0.6 is 0 Å². The van der Waals surface area contributed by atoms with Crippen LogP contribution in [0.1, 0.15) is 37.4 Å². The predicted octanol–water partition coefficient (Wildman–Crippen LogP) is 1.73. The third kappa shape index (κ3) is 1.54. The van der Waals surface area contributed by atoms with Gasteiger partial charge in [-0.05, 0) is 12.0 Å². The molecule has 0 fully saturated rings. The number of carbonyl (C=O) groups excluding carboxylic acids is 2. The van der Waals surface area contributed by atoms with Crippen molar-refractivity contribution in [2.75, 3.05) is 0 Å². The van der Waals surface area contributed by atoms with Gasteiger partial charge in [-0.15, -0.1) is 0 Å². The molecule has 2 N–H and O–H groups in total. The van der Waals surface area contributed by atoms with E-state index in [1.165, 1.54) is 0 Å². The highest BCUT2D eigenvalue weighted by Crippen LogP contribution is 2.28. The molecule has 3 rings (SSSR count). The summed E-state index contributed by atoms with van der Waals surface area (Å²) in [6, 6.07) is 14.1. The van der Waals surface area contributed by atoms with E-state index in [9.17, 15) is 9.59 Å². The highest BCUT2D eigenvalue weighted by Gasteiger charge is 2.30. The summed E-state index contributed by atoms with van der Waals surface area (Å²) in [6.45, 7) is 0. The summed E-state index contributed by atoms with van der Waals surface area (Å²) < 4.78 is 0. The van der Waals surface area contributed by atoms with Crippen LogP contribution in [-0.4, -0.2) is 11.6 Å². The third-order valence-electron chi connectivity index (χ3n) is 3.16. The molecule has 1 aliphatic carbocycles. The quantitative estimate of drug-likeness (QED) is 0.486. The number of rotatable bonds is 0. The Morgan fingerprint density at radius 2 is 1.42 bits per heavy atom. The van der Waals surface area contributed by atoms with Gasteiger partial charge in [0.2, 0.25) is 0 Å². The van der Waals surface area contributed by atoms with E-state index in [0.29, 0.717) is 27.8 Å². The smallest absolute Gasteiger partial charge is 0.195 e. The largest absolute Gasteiger partial charge is 0.359 e. The molecule has 0 bridgehead atoms. The molecule has 0 aromatic heterocycles. The lowest BCUT2D eigenvalue weighted by Crippen LogP contribution is -2.21. The number of carbonyl (C=O) groups is 2. The Hall–Kier alpha value is -2.86. The molecule has 0 unspecified atom stereocenters. The van der Waals surface area contributed by atoms with Gasteiger partial charge in [0, 0.05) is 33.9 Å². The average Bonchev–Trinajstić information content (AvgIpc) is 2.45. The van der Waals surface area contributed by atoms with Gasteiger partial charge in [-0.1, -0.05) is 36.4 Å². The summed E-state index contributed by atoms with van der Waals surface area (Å²) in [6.07, 6.45) is 0. The Kier molecular flexibility index (Phi) is 2.43. The SMILES string of the molecule is NC#Cc1cccc2c1C(=O)c1ccccc1C2=O. The fourth-order valence-corrected chi connectivity index (χ4v) is 2.33. The number of hydrogen-bond donors (Lipinski definition) is 1. The van der Waals surface area contributed by atoms with E-state index >= 15 is 0 Å². The van der Waals surface area contributed by atoms with Crippen molar-refractivity contribution in [1.82, 2.24) is 0 Å². The van der Waals surface area contributed by atoms with Crippen LogP contribution in [0.3, 0.4) is 0 Å². The van der Waals surface area contributed by atoms with Gasteiger partial charge in [-0.2, -0.15) is 0 Å². The molecular weight excluding hydrogens is 238 g/mol. The zero-order chi connectivity index (χ0) is 13.4. The summed E-state index contributed by atoms with van der Waals surface area (Å²) in [5, 5.41) is 0. The van der Waals surface area contributed by atoms with E-state index in [1.807, 2.05) is 0 Å². The second-order valence-electron chi connectivity index (χ2n) is 4.20. The fraction of sp³-hybridized carbons (Fsp3) is 0. The van der Waals surface area contributed by atoms with Crippen LogP contribution < -0.4 is 5.73 Å². The Morgan fingerprint density at radius 1 is 0.789 bits per heavy atom. The summed E-state index contributed by atoms with van der Waals surface area (Å²) >= 11 is 0. The average molecular weight is 247 g/mol. The summed E-state index contributed by atoms with van der Waals surface area (Å²) in [5.74, 6) is 2.35. The first-order valence-electron chi connectivity index (χ1n) is 5.77. The first-order chi connectivity index (χ1) is 9.24. The molecule has 3 nitrogen and oxygen atoms in total. The lowest BCUT2D eigenvalue weighted by molar-refractivity contribution is 0.0979. The standard InChI is InChI=1S/C16H9NO2/c17-9-8-10-4-3-7-13-14(10)16(19)12-6-2-1-5-11(12)15(13)18/h1-7H,17H2. The number of nitrogens with two attached hydrogens (primary N) is 1. The van der Waals surface area contributed by atoms with Crippen molar-refractivity contribution in [1.29, 1.82) is 0 Å². The molecule has 0 amide bonds. The number of hydrogen-bond acceptors (Lipinski definition) is 3. The predicted molar refractivity (Wildman–Crippen MR) is 70.8 cm³/mol. The van der Waals surface area contributed by atoms with Gasteiger partial charge in [0.15, 0.2) is 11.6 Å². The minimum absolute atomic E-state index is 0.147. The maximum absolute atomic E-state index is 12.5. The van der Waals surface area contributed by atoms with E-state index in [-0.39, 0.29) is 11.6 Å². The molecule has 0 saturated heterocycles. The second-order valence-corrected chi connectivity index (χ2v) is 4.20. The highest BCUT2D eigenvalue weighted by atomic mass is 16.1. The molecule has 0 radical (unpaired) electrons. The number of ketones is 2. The van der Waals surface area contributed by atoms with Gasteiger partial charge in [0.25, 0.3) is 0 Å². The molecule has 90 valence electrons. The molecule has 0 aliphatic heterocycles. The van der Waals surface area contributed by atoms with Crippen LogP contribution in [0.2, 0.25) is 0 Å². The van der Waals surface area contributed by atoms with Gasteiger partial charge >= 0.3 is 0 Å². The lowest BCUT2D eigenvalue weighted by Gasteiger charge is -2.18. The van der Waals surface area contributed by atoms with Crippen molar-refractivity contribution in [3.63, 3.8) is 0 Å². The number of benzene rings is 2. The minimum Gasteiger partial charge on any atom is -0.359 e. The van der Waals surface area contributed by atoms with Gasteiger partial charge in [-0.3, -0.25) is 9.59 Å². The van der Waals surface area contributed by atoms with Crippen LogP contribution in [0.25, 0.3) is 0 Å². The molecule has 2 aromatic rings. The normalized spacial score (nSPS) is 12.2. The summed E-state index contributed by atoms with van der Waals surface area (Å²) in [5.41, 5.74) is 7.31. The molecule has 0 spiro atoms. The van der Waals surface area contributed by atoms with Crippen LogP contribution in [-0.2, 0) is 0 Å². The molecule has 0 atom stereocenters. The molecule has 0 saturated carbocycles. The zero-order valence-corrected chi connectivity index (χ0v) is 9.94.